The molecule has 0 bridgehead atoms. The normalized spacial score (nSPS) is 13.9. The molecule has 5 heteroatoms. The van der Waals surface area contributed by atoms with Gasteiger partial charge in [0.2, 0.25) is 5.88 Å². The summed E-state index contributed by atoms with van der Waals surface area (Å²) in [5, 5.41) is 0. The Kier molecular flexibility index (Phi) is 6.45. The Bertz CT molecular complexity index is 626. The lowest BCUT2D eigenvalue weighted by Gasteiger charge is -2.26. The van der Waals surface area contributed by atoms with Crippen LogP contribution in [0.1, 0.15) is 58.4 Å². The van der Waals surface area contributed by atoms with Crippen molar-refractivity contribution in [1.82, 2.24) is 4.98 Å². The van der Waals surface area contributed by atoms with Gasteiger partial charge in [-0.25, -0.2) is 9.78 Å². The molecule has 1 aromatic heterocycles. The molecule has 1 aliphatic carbocycles. The summed E-state index contributed by atoms with van der Waals surface area (Å²) in [6.07, 6.45) is 10.6. The Morgan fingerprint density at radius 2 is 2.08 bits per heavy atom. The lowest BCUT2D eigenvalue weighted by molar-refractivity contribution is 0.0589. The molecule has 2 rings (SSSR count). The molecule has 1 fully saturated rings. The highest BCUT2D eigenvalue weighted by Crippen LogP contribution is 2.28. The number of unbranched alkanes of at least 4 members (excludes halogenated alkanes) is 1. The van der Waals surface area contributed by atoms with E-state index in [-0.39, 0.29) is 6.09 Å². The molecule has 0 aliphatic heterocycles. The number of hydrogen-bond acceptors (Lipinski definition) is 4. The van der Waals surface area contributed by atoms with Crippen molar-refractivity contribution in [1.29, 1.82) is 0 Å². The van der Waals surface area contributed by atoms with E-state index in [1.165, 1.54) is 24.2 Å². The minimum Gasteiger partial charge on any atom is -0.481 e. The Morgan fingerprint density at radius 1 is 1.36 bits per heavy atom. The average Bonchev–Trinajstić information content (AvgIpc) is 2.50. The fraction of sp³-hybridized carbons (Fsp3) is 0.600. The first-order valence-electron chi connectivity index (χ1n) is 8.97. The molecule has 5 nitrogen and oxygen atoms in total. The largest absolute Gasteiger partial charge is 0.481 e. The van der Waals surface area contributed by atoms with Crippen molar-refractivity contribution in [3.8, 4) is 5.88 Å². The molecule has 0 N–H and O–H groups in total. The number of amides is 1. The lowest BCUT2D eigenvalue weighted by atomic mass is 9.91. The highest BCUT2D eigenvalue weighted by Gasteiger charge is 2.22. The second-order valence-electron chi connectivity index (χ2n) is 7.50. The highest BCUT2D eigenvalue weighted by molar-refractivity contribution is 5.88. The molecular weight excluding hydrogens is 316 g/mol. The van der Waals surface area contributed by atoms with Gasteiger partial charge in [0.25, 0.3) is 0 Å². The van der Waals surface area contributed by atoms with Gasteiger partial charge in [0, 0.05) is 19.3 Å². The van der Waals surface area contributed by atoms with Gasteiger partial charge in [-0.2, -0.15) is 0 Å². The molecule has 0 saturated heterocycles. The number of carbonyl (C=O) groups excluding carboxylic acids is 1. The number of carbonyl (C=O) groups is 1. The molecule has 1 aromatic rings. The van der Waals surface area contributed by atoms with Crippen molar-refractivity contribution >= 4 is 11.8 Å². The standard InChI is InChI=1S/C20H30N2O3/c1-20(2,3)25-19(23)22(4)17-13-18(24-5)21-14-16(17)12-7-6-9-15-10-8-11-15/h9,13-14H,6-8,10-12H2,1-5H3. The van der Waals surface area contributed by atoms with Crippen LogP contribution < -0.4 is 9.64 Å². The van der Waals surface area contributed by atoms with Crippen LogP contribution >= 0.6 is 0 Å². The molecule has 0 spiro atoms. The van der Waals surface area contributed by atoms with E-state index in [0.717, 1.165) is 30.5 Å². The van der Waals surface area contributed by atoms with Crippen molar-refractivity contribution in [2.45, 2.75) is 64.9 Å². The summed E-state index contributed by atoms with van der Waals surface area (Å²) in [6, 6.07) is 1.80. The van der Waals surface area contributed by atoms with Gasteiger partial charge in [0.05, 0.1) is 12.8 Å². The van der Waals surface area contributed by atoms with Gasteiger partial charge in [0.15, 0.2) is 0 Å². The van der Waals surface area contributed by atoms with Crippen LogP contribution in [0.4, 0.5) is 10.5 Å². The highest BCUT2D eigenvalue weighted by atomic mass is 16.6. The average molecular weight is 346 g/mol. The van der Waals surface area contributed by atoms with E-state index in [9.17, 15) is 4.79 Å². The quantitative estimate of drug-likeness (QED) is 0.543. The van der Waals surface area contributed by atoms with Crippen molar-refractivity contribution in [3.63, 3.8) is 0 Å². The third kappa shape index (κ3) is 5.76. The number of methoxy groups -OCH3 is 1. The summed E-state index contributed by atoms with van der Waals surface area (Å²) in [4.78, 5) is 18.2. The van der Waals surface area contributed by atoms with Gasteiger partial charge in [-0.05, 0) is 64.9 Å². The predicted octanol–water partition coefficient (Wildman–Crippen LogP) is 4.89. The number of rotatable bonds is 6. The summed E-state index contributed by atoms with van der Waals surface area (Å²) < 4.78 is 10.7. The first-order chi connectivity index (χ1) is 11.8. The first kappa shape index (κ1) is 19.3. The minimum atomic E-state index is -0.530. The van der Waals surface area contributed by atoms with E-state index in [2.05, 4.69) is 11.1 Å². The van der Waals surface area contributed by atoms with Gasteiger partial charge in [-0.15, -0.1) is 0 Å². The number of anilines is 1. The van der Waals surface area contributed by atoms with Crippen LogP contribution in [0.5, 0.6) is 5.88 Å². The summed E-state index contributed by atoms with van der Waals surface area (Å²) in [5.74, 6) is 0.491. The monoisotopic (exact) mass is 346 g/mol. The number of hydrogen-bond donors (Lipinski definition) is 0. The predicted molar refractivity (Wildman–Crippen MR) is 100 cm³/mol. The number of aryl methyl sites for hydroxylation is 1. The molecule has 0 unspecified atom stereocenters. The van der Waals surface area contributed by atoms with E-state index in [1.54, 1.807) is 32.0 Å². The zero-order chi connectivity index (χ0) is 18.4. The molecule has 1 aliphatic rings. The van der Waals surface area contributed by atoms with Crippen molar-refractivity contribution < 1.29 is 14.3 Å². The number of allylic oxidation sites excluding steroid dienone is 2. The summed E-state index contributed by atoms with van der Waals surface area (Å²) >= 11 is 0. The number of ether oxygens (including phenoxy) is 2. The van der Waals surface area contributed by atoms with E-state index >= 15 is 0 Å². The summed E-state index contributed by atoms with van der Waals surface area (Å²) in [5.41, 5.74) is 2.87. The molecule has 25 heavy (non-hydrogen) atoms. The van der Waals surface area contributed by atoms with E-state index in [4.69, 9.17) is 9.47 Å². The minimum absolute atomic E-state index is 0.376. The van der Waals surface area contributed by atoms with E-state index in [1.807, 2.05) is 20.8 Å². The lowest BCUT2D eigenvalue weighted by Crippen LogP contribution is -2.34. The molecular formula is C20H30N2O3. The van der Waals surface area contributed by atoms with E-state index < -0.39 is 5.60 Å². The van der Waals surface area contributed by atoms with Gasteiger partial charge in [0.1, 0.15) is 5.60 Å². The number of pyridine rings is 1. The SMILES string of the molecule is COc1cc(N(C)C(=O)OC(C)(C)C)c(CCCC=C2CCC2)cn1. The third-order valence-corrected chi connectivity index (χ3v) is 4.25. The smallest absolute Gasteiger partial charge is 0.414 e. The van der Waals surface area contributed by atoms with Crippen molar-refractivity contribution in [3.05, 3.63) is 29.5 Å². The summed E-state index contributed by atoms with van der Waals surface area (Å²) in [6.45, 7) is 5.59. The van der Waals surface area contributed by atoms with Crippen molar-refractivity contribution in [2.75, 3.05) is 19.1 Å². The Balaban J connectivity index is 2.08. The van der Waals surface area contributed by atoms with Gasteiger partial charge >= 0.3 is 6.09 Å². The van der Waals surface area contributed by atoms with Crippen molar-refractivity contribution in [2.24, 2.45) is 0 Å². The van der Waals surface area contributed by atoms with E-state index in [0.29, 0.717) is 5.88 Å². The van der Waals surface area contributed by atoms with Crippen LogP contribution in [0.25, 0.3) is 0 Å². The zero-order valence-electron chi connectivity index (χ0n) is 16.1. The fourth-order valence-corrected chi connectivity index (χ4v) is 2.68. The maximum atomic E-state index is 12.4. The molecule has 1 amide bonds. The molecule has 1 heterocycles. The van der Waals surface area contributed by atoms with Crippen LogP contribution in [0, 0.1) is 0 Å². The van der Waals surface area contributed by atoms with Crippen LogP contribution in [0.3, 0.4) is 0 Å². The topological polar surface area (TPSA) is 51.7 Å². The first-order valence-corrected chi connectivity index (χ1v) is 8.97. The molecule has 138 valence electrons. The van der Waals surface area contributed by atoms with Crippen LogP contribution in [0.15, 0.2) is 23.9 Å². The zero-order valence-corrected chi connectivity index (χ0v) is 16.1. The van der Waals surface area contributed by atoms with Gasteiger partial charge in [-0.3, -0.25) is 4.90 Å². The molecule has 0 atom stereocenters. The fourth-order valence-electron chi connectivity index (χ4n) is 2.68. The summed E-state index contributed by atoms with van der Waals surface area (Å²) in [7, 11) is 3.30. The molecule has 0 aromatic carbocycles. The second kappa shape index (κ2) is 8.37. The Morgan fingerprint density at radius 3 is 2.64 bits per heavy atom. The molecule has 1 saturated carbocycles. The maximum Gasteiger partial charge on any atom is 0.414 e. The number of aromatic nitrogens is 1. The van der Waals surface area contributed by atoms with Crippen LogP contribution in [0.2, 0.25) is 0 Å². The molecule has 0 radical (unpaired) electrons. The maximum absolute atomic E-state index is 12.4. The number of nitrogens with zero attached hydrogens (tertiary/aromatic N) is 2. The van der Waals surface area contributed by atoms with Gasteiger partial charge in [-0.1, -0.05) is 11.6 Å². The second-order valence-corrected chi connectivity index (χ2v) is 7.50. The Labute approximate surface area is 151 Å². The Hall–Kier alpha value is -2.04. The van der Waals surface area contributed by atoms with Crippen LogP contribution in [-0.2, 0) is 11.2 Å². The van der Waals surface area contributed by atoms with Crippen LogP contribution in [-0.4, -0.2) is 30.8 Å². The van der Waals surface area contributed by atoms with Gasteiger partial charge < -0.3 is 9.47 Å². The third-order valence-electron chi connectivity index (χ3n) is 4.25.